The number of imide groups is 1. The number of hydrogen-bond acceptors (Lipinski definition) is 10. The van der Waals surface area contributed by atoms with Crippen molar-refractivity contribution in [3.8, 4) is 11.5 Å². The molecule has 0 spiro atoms. The molecular weight excluding hydrogens is 534 g/mol. The normalized spacial score (nSPS) is 14.5. The first kappa shape index (κ1) is 25.4. The van der Waals surface area contributed by atoms with Gasteiger partial charge in [-0.2, -0.15) is 0 Å². The zero-order chi connectivity index (χ0) is 24.8. The Hall–Kier alpha value is -3.25. The van der Waals surface area contributed by atoms with Gasteiger partial charge in [-0.3, -0.25) is 14.5 Å². The van der Waals surface area contributed by atoms with Crippen LogP contribution in [0.2, 0.25) is 0 Å². The molecule has 2 aromatic rings. The highest BCUT2D eigenvalue weighted by Crippen LogP contribution is 2.39. The van der Waals surface area contributed by atoms with Crippen LogP contribution in [0.15, 0.2) is 38.1 Å². The molecule has 0 aliphatic carbocycles. The molecule has 1 aromatic carbocycles. The van der Waals surface area contributed by atoms with E-state index in [1.807, 2.05) is 0 Å². The van der Waals surface area contributed by atoms with E-state index < -0.39 is 23.1 Å². The summed E-state index contributed by atoms with van der Waals surface area (Å²) in [7, 11) is 2.65. The molecule has 0 saturated carbocycles. The number of carbonyl (C=O) groups excluding carboxylic acids is 4. The van der Waals surface area contributed by atoms with E-state index in [0.717, 1.165) is 16.7 Å². The minimum atomic E-state index is -0.658. The molecule has 1 fully saturated rings. The van der Waals surface area contributed by atoms with Gasteiger partial charge in [-0.1, -0.05) is 0 Å². The lowest BCUT2D eigenvalue weighted by atomic mass is 10.2. The van der Waals surface area contributed by atoms with Crippen molar-refractivity contribution in [2.24, 2.45) is 0 Å². The quantitative estimate of drug-likeness (QED) is 0.332. The average molecular weight is 554 g/mol. The number of esters is 2. The van der Waals surface area contributed by atoms with Crippen LogP contribution in [0.4, 0.5) is 4.79 Å². The molecule has 1 aromatic heterocycles. The van der Waals surface area contributed by atoms with Crippen LogP contribution >= 0.6 is 27.7 Å². The van der Waals surface area contributed by atoms with Gasteiger partial charge in [0.25, 0.3) is 11.1 Å². The third-order valence-electron chi connectivity index (χ3n) is 4.42. The van der Waals surface area contributed by atoms with E-state index in [-0.39, 0.29) is 36.2 Å². The van der Waals surface area contributed by atoms with Crippen LogP contribution in [0.25, 0.3) is 6.08 Å². The van der Waals surface area contributed by atoms with Crippen molar-refractivity contribution >= 4 is 56.9 Å². The molecule has 3 rings (SSSR count). The summed E-state index contributed by atoms with van der Waals surface area (Å²) in [6, 6.07) is 6.17. The number of carbonyl (C=O) groups is 4. The fourth-order valence-corrected chi connectivity index (χ4v) is 4.33. The Kier molecular flexibility index (Phi) is 8.40. The van der Waals surface area contributed by atoms with Crippen molar-refractivity contribution in [1.82, 2.24) is 4.90 Å². The average Bonchev–Trinajstić information content (AvgIpc) is 3.38. The van der Waals surface area contributed by atoms with Crippen LogP contribution < -0.4 is 9.47 Å². The zero-order valence-corrected chi connectivity index (χ0v) is 20.8. The maximum absolute atomic E-state index is 12.8. The number of benzene rings is 1. The van der Waals surface area contributed by atoms with Crippen molar-refractivity contribution < 1.29 is 42.5 Å². The lowest BCUT2D eigenvalue weighted by molar-refractivity contribution is -0.145. The maximum Gasteiger partial charge on any atom is 0.373 e. The lowest BCUT2D eigenvalue weighted by Crippen LogP contribution is -2.27. The van der Waals surface area contributed by atoms with Crippen LogP contribution in [0.1, 0.15) is 28.8 Å². The van der Waals surface area contributed by atoms with E-state index in [0.29, 0.717) is 21.5 Å². The van der Waals surface area contributed by atoms with Crippen LogP contribution in [0.5, 0.6) is 11.5 Å². The smallest absolute Gasteiger partial charge is 0.373 e. The SMILES string of the molecule is CCOC(=O)COc1c(Br)cc(/C=C2/SC(=O)N(Cc3ccc(C(=O)OC)o3)C2=O)cc1OC. The largest absolute Gasteiger partial charge is 0.493 e. The summed E-state index contributed by atoms with van der Waals surface area (Å²) >= 11 is 4.15. The molecule has 180 valence electrons. The molecule has 0 atom stereocenters. The van der Waals surface area contributed by atoms with E-state index in [2.05, 4.69) is 20.7 Å². The molecule has 10 nitrogen and oxygen atoms in total. The van der Waals surface area contributed by atoms with E-state index in [1.54, 1.807) is 19.1 Å². The van der Waals surface area contributed by atoms with Crippen LogP contribution in [-0.2, 0) is 25.6 Å². The van der Waals surface area contributed by atoms with Crippen LogP contribution in [0.3, 0.4) is 0 Å². The van der Waals surface area contributed by atoms with Crippen molar-refractivity contribution in [3.05, 3.63) is 50.7 Å². The molecular formula is C22H20BrNO9S. The maximum atomic E-state index is 12.8. The Morgan fingerprint density at radius 1 is 1.21 bits per heavy atom. The summed E-state index contributed by atoms with van der Waals surface area (Å²) in [5.41, 5.74) is 0.559. The molecule has 2 heterocycles. The minimum absolute atomic E-state index is 0.0257. The monoisotopic (exact) mass is 553 g/mol. The molecule has 1 aliphatic rings. The standard InChI is InChI=1S/C22H20BrNO9S/c1-4-31-18(25)11-32-19-14(23)7-12(8-16(19)29-2)9-17-20(26)24(22(28)34-17)10-13-5-6-15(33-13)21(27)30-3/h5-9H,4,10-11H2,1-3H3/b17-9+. The molecule has 34 heavy (non-hydrogen) atoms. The summed E-state index contributed by atoms with van der Waals surface area (Å²) < 4.78 is 26.1. The fraction of sp³-hybridized carbons (Fsp3) is 0.273. The van der Waals surface area contributed by atoms with Gasteiger partial charge < -0.3 is 23.4 Å². The molecule has 2 amide bonds. The van der Waals surface area contributed by atoms with E-state index in [9.17, 15) is 19.2 Å². The van der Waals surface area contributed by atoms with Crippen LogP contribution in [-0.4, -0.2) is 55.4 Å². The number of hydrogen-bond donors (Lipinski definition) is 0. The third-order valence-corrected chi connectivity index (χ3v) is 5.92. The summed E-state index contributed by atoms with van der Waals surface area (Å²) in [6.07, 6.45) is 1.54. The number of ether oxygens (including phenoxy) is 4. The number of amides is 2. The molecule has 1 aliphatic heterocycles. The first-order valence-corrected chi connectivity index (χ1v) is 11.5. The number of halogens is 1. The van der Waals surface area contributed by atoms with Gasteiger partial charge in [0.15, 0.2) is 18.1 Å². The highest BCUT2D eigenvalue weighted by atomic mass is 79.9. The first-order chi connectivity index (χ1) is 16.3. The number of methoxy groups -OCH3 is 2. The van der Waals surface area contributed by atoms with Gasteiger partial charge in [0.1, 0.15) is 5.76 Å². The number of thioether (sulfide) groups is 1. The predicted octanol–water partition coefficient (Wildman–Crippen LogP) is 4.02. The summed E-state index contributed by atoms with van der Waals surface area (Å²) in [5, 5.41) is -0.479. The van der Waals surface area contributed by atoms with Gasteiger partial charge in [-0.25, -0.2) is 9.59 Å². The second-order valence-corrected chi connectivity index (χ2v) is 8.50. The second-order valence-electron chi connectivity index (χ2n) is 6.65. The second kappa shape index (κ2) is 11.3. The Labute approximate surface area is 207 Å². The highest BCUT2D eigenvalue weighted by Gasteiger charge is 2.36. The number of nitrogens with zero attached hydrogens (tertiary/aromatic N) is 1. The van der Waals surface area contributed by atoms with Gasteiger partial charge in [0.05, 0.1) is 36.7 Å². The fourth-order valence-electron chi connectivity index (χ4n) is 2.91. The number of furan rings is 1. The lowest BCUT2D eigenvalue weighted by Gasteiger charge is -2.13. The van der Waals surface area contributed by atoms with Gasteiger partial charge in [0.2, 0.25) is 5.76 Å². The molecule has 0 N–H and O–H groups in total. The highest BCUT2D eigenvalue weighted by molar-refractivity contribution is 9.10. The Balaban J connectivity index is 1.77. The van der Waals surface area contributed by atoms with Crippen molar-refractivity contribution in [2.75, 3.05) is 27.4 Å². The van der Waals surface area contributed by atoms with Crippen molar-refractivity contribution in [2.45, 2.75) is 13.5 Å². The summed E-state index contributed by atoms with van der Waals surface area (Å²) in [6.45, 7) is 1.50. The Morgan fingerprint density at radius 3 is 2.65 bits per heavy atom. The predicted molar refractivity (Wildman–Crippen MR) is 124 cm³/mol. The first-order valence-electron chi connectivity index (χ1n) is 9.85. The number of rotatable bonds is 9. The van der Waals surface area contributed by atoms with Gasteiger partial charge in [-0.05, 0) is 70.5 Å². The van der Waals surface area contributed by atoms with Crippen molar-refractivity contribution in [1.29, 1.82) is 0 Å². The minimum Gasteiger partial charge on any atom is -0.493 e. The van der Waals surface area contributed by atoms with Gasteiger partial charge in [-0.15, -0.1) is 0 Å². The zero-order valence-electron chi connectivity index (χ0n) is 18.4. The topological polar surface area (TPSA) is 122 Å². The van der Waals surface area contributed by atoms with Crippen molar-refractivity contribution in [3.63, 3.8) is 0 Å². The third kappa shape index (κ3) is 5.81. The van der Waals surface area contributed by atoms with E-state index in [1.165, 1.54) is 32.4 Å². The Morgan fingerprint density at radius 2 is 1.97 bits per heavy atom. The van der Waals surface area contributed by atoms with E-state index in [4.69, 9.17) is 18.6 Å². The molecule has 1 saturated heterocycles. The van der Waals surface area contributed by atoms with Gasteiger partial charge in [0, 0.05) is 0 Å². The van der Waals surface area contributed by atoms with E-state index >= 15 is 0 Å². The molecule has 12 heteroatoms. The molecule has 0 unspecified atom stereocenters. The Bertz CT molecular complexity index is 1160. The van der Waals surface area contributed by atoms with Crippen LogP contribution in [0, 0.1) is 0 Å². The summed E-state index contributed by atoms with van der Waals surface area (Å²) in [5.74, 6) is -0.850. The molecule has 0 bridgehead atoms. The molecule has 0 radical (unpaired) electrons. The summed E-state index contributed by atoms with van der Waals surface area (Å²) in [4.78, 5) is 49.6. The van der Waals surface area contributed by atoms with Gasteiger partial charge >= 0.3 is 11.9 Å².